The van der Waals surface area contributed by atoms with Gasteiger partial charge in [-0.15, -0.1) is 0 Å². The summed E-state index contributed by atoms with van der Waals surface area (Å²) in [4.78, 5) is 8.17. The van der Waals surface area contributed by atoms with Crippen LogP contribution in [0.1, 0.15) is 40.2 Å². The standard InChI is InChI=1S/C25H27N7/c1-13-23(14(2)30-29-13)18-7-5-17(6-8-18)11-20(26)25-27-21-10-9-19(12-22(21)28-25)24-15(3)31-32-16(24)4/h5-10,12,20H,11,26H2,1-4H3,(H,27,28)(H,29,30)(H,31,32). The predicted molar refractivity (Wildman–Crippen MR) is 127 cm³/mol. The van der Waals surface area contributed by atoms with Gasteiger partial charge < -0.3 is 10.7 Å². The molecule has 7 nitrogen and oxygen atoms in total. The third kappa shape index (κ3) is 3.50. The number of fused-ring (bicyclic) bond motifs is 1. The van der Waals surface area contributed by atoms with Crippen molar-refractivity contribution in [2.75, 3.05) is 0 Å². The quantitative estimate of drug-likeness (QED) is 0.323. The zero-order chi connectivity index (χ0) is 22.4. The van der Waals surface area contributed by atoms with Gasteiger partial charge in [0.05, 0.1) is 28.5 Å². The van der Waals surface area contributed by atoms with Crippen molar-refractivity contribution in [2.45, 2.75) is 40.2 Å². The zero-order valence-corrected chi connectivity index (χ0v) is 18.7. The molecule has 5 N–H and O–H groups in total. The van der Waals surface area contributed by atoms with Gasteiger partial charge in [0.2, 0.25) is 0 Å². The van der Waals surface area contributed by atoms with Crippen molar-refractivity contribution in [3.63, 3.8) is 0 Å². The molecule has 0 fully saturated rings. The molecule has 1 atom stereocenters. The third-order valence-corrected chi connectivity index (χ3v) is 6.09. The van der Waals surface area contributed by atoms with Crippen molar-refractivity contribution in [1.82, 2.24) is 30.4 Å². The summed E-state index contributed by atoms with van der Waals surface area (Å²) >= 11 is 0. The van der Waals surface area contributed by atoms with Gasteiger partial charge in [0.25, 0.3) is 0 Å². The van der Waals surface area contributed by atoms with Crippen LogP contribution in [0.15, 0.2) is 42.5 Å². The molecule has 5 rings (SSSR count). The van der Waals surface area contributed by atoms with Crippen molar-refractivity contribution in [1.29, 1.82) is 0 Å². The molecule has 0 aliphatic carbocycles. The Labute approximate surface area is 186 Å². The van der Waals surface area contributed by atoms with E-state index in [0.29, 0.717) is 6.42 Å². The molecule has 3 heterocycles. The van der Waals surface area contributed by atoms with Crippen LogP contribution in [0.3, 0.4) is 0 Å². The molecular weight excluding hydrogens is 398 g/mol. The lowest BCUT2D eigenvalue weighted by Crippen LogP contribution is -2.14. The van der Waals surface area contributed by atoms with E-state index in [9.17, 15) is 0 Å². The Bertz CT molecular complexity index is 1360. The fourth-order valence-corrected chi connectivity index (χ4v) is 4.47. The predicted octanol–water partition coefficient (Wildman–Crippen LogP) is 4.82. The molecule has 0 saturated heterocycles. The topological polar surface area (TPSA) is 112 Å². The van der Waals surface area contributed by atoms with E-state index in [2.05, 4.69) is 61.8 Å². The Morgan fingerprint density at radius 1 is 0.812 bits per heavy atom. The number of benzene rings is 2. The maximum absolute atomic E-state index is 6.53. The monoisotopic (exact) mass is 425 g/mol. The summed E-state index contributed by atoms with van der Waals surface area (Å²) in [7, 11) is 0. The molecule has 2 aromatic carbocycles. The number of nitrogens with one attached hydrogen (secondary N) is 3. The smallest absolute Gasteiger partial charge is 0.124 e. The first kappa shape index (κ1) is 20.2. The van der Waals surface area contributed by atoms with E-state index in [-0.39, 0.29) is 6.04 Å². The Morgan fingerprint density at radius 3 is 2.00 bits per heavy atom. The van der Waals surface area contributed by atoms with Gasteiger partial charge >= 0.3 is 0 Å². The van der Waals surface area contributed by atoms with Crippen molar-refractivity contribution < 1.29 is 0 Å². The van der Waals surface area contributed by atoms with Gasteiger partial charge in [-0.05, 0) is 62.9 Å². The molecule has 1 unspecified atom stereocenters. The molecule has 0 saturated carbocycles. The molecule has 5 aromatic rings. The van der Waals surface area contributed by atoms with E-state index in [4.69, 9.17) is 10.7 Å². The van der Waals surface area contributed by atoms with E-state index in [1.54, 1.807) is 0 Å². The van der Waals surface area contributed by atoms with Gasteiger partial charge in [-0.2, -0.15) is 10.2 Å². The number of aryl methyl sites for hydroxylation is 4. The second-order valence-electron chi connectivity index (χ2n) is 8.48. The molecule has 0 bridgehead atoms. The van der Waals surface area contributed by atoms with Crippen LogP contribution in [-0.4, -0.2) is 30.4 Å². The van der Waals surface area contributed by atoms with Crippen LogP contribution in [0.2, 0.25) is 0 Å². The van der Waals surface area contributed by atoms with Crippen molar-refractivity contribution in [3.8, 4) is 22.3 Å². The lowest BCUT2D eigenvalue weighted by molar-refractivity contribution is 0.680. The summed E-state index contributed by atoms with van der Waals surface area (Å²) in [5.41, 5.74) is 18.3. The van der Waals surface area contributed by atoms with Crippen LogP contribution in [0, 0.1) is 27.7 Å². The van der Waals surface area contributed by atoms with Crippen molar-refractivity contribution >= 4 is 11.0 Å². The Kier molecular flexibility index (Phi) is 4.90. The van der Waals surface area contributed by atoms with E-state index >= 15 is 0 Å². The highest BCUT2D eigenvalue weighted by Crippen LogP contribution is 2.29. The van der Waals surface area contributed by atoms with Crippen LogP contribution < -0.4 is 5.73 Å². The van der Waals surface area contributed by atoms with Gasteiger partial charge in [0, 0.05) is 22.5 Å². The number of hydrogen-bond donors (Lipinski definition) is 4. The largest absolute Gasteiger partial charge is 0.341 e. The summed E-state index contributed by atoms with van der Waals surface area (Å²) < 4.78 is 0. The molecule has 162 valence electrons. The number of aromatic nitrogens is 6. The minimum atomic E-state index is -0.216. The SMILES string of the molecule is Cc1n[nH]c(C)c1-c1ccc(CC(N)c2nc3ccc(-c4c(C)n[nH]c4C)cc3[nH]2)cc1. The molecule has 0 aliphatic rings. The molecule has 0 radical (unpaired) electrons. The highest BCUT2D eigenvalue weighted by Gasteiger charge is 2.15. The Balaban J connectivity index is 1.37. The van der Waals surface area contributed by atoms with Crippen molar-refractivity contribution in [2.24, 2.45) is 5.73 Å². The summed E-state index contributed by atoms with van der Waals surface area (Å²) in [6, 6.07) is 14.6. The number of nitrogens with two attached hydrogens (primary N) is 1. The lowest BCUT2D eigenvalue weighted by atomic mass is 9.99. The van der Waals surface area contributed by atoms with Crippen LogP contribution in [-0.2, 0) is 6.42 Å². The van der Waals surface area contributed by atoms with Crippen LogP contribution in [0.4, 0.5) is 0 Å². The minimum absolute atomic E-state index is 0.216. The Morgan fingerprint density at radius 2 is 1.41 bits per heavy atom. The van der Waals surface area contributed by atoms with Gasteiger partial charge in [-0.3, -0.25) is 10.2 Å². The second kappa shape index (κ2) is 7.76. The number of imidazole rings is 1. The molecule has 0 amide bonds. The van der Waals surface area contributed by atoms with Gasteiger partial charge in [-0.1, -0.05) is 30.3 Å². The van der Waals surface area contributed by atoms with E-state index in [1.807, 2.05) is 33.8 Å². The molecule has 32 heavy (non-hydrogen) atoms. The maximum Gasteiger partial charge on any atom is 0.124 e. The number of H-pyrrole nitrogens is 3. The van der Waals surface area contributed by atoms with E-state index in [0.717, 1.165) is 61.9 Å². The molecule has 7 heteroatoms. The average molecular weight is 426 g/mol. The highest BCUT2D eigenvalue weighted by atomic mass is 15.1. The Hall–Kier alpha value is -3.71. The normalized spacial score (nSPS) is 12.5. The second-order valence-corrected chi connectivity index (χ2v) is 8.48. The number of hydrogen-bond acceptors (Lipinski definition) is 4. The summed E-state index contributed by atoms with van der Waals surface area (Å²) in [6.45, 7) is 8.11. The van der Waals surface area contributed by atoms with Crippen LogP contribution in [0.5, 0.6) is 0 Å². The number of rotatable bonds is 5. The molecule has 3 aromatic heterocycles. The lowest BCUT2D eigenvalue weighted by Gasteiger charge is -2.10. The van der Waals surface area contributed by atoms with Gasteiger partial charge in [-0.25, -0.2) is 4.98 Å². The fraction of sp³-hybridized carbons (Fsp3) is 0.240. The first-order valence-corrected chi connectivity index (χ1v) is 10.8. The average Bonchev–Trinajstić information content (AvgIpc) is 3.45. The third-order valence-electron chi connectivity index (χ3n) is 6.09. The zero-order valence-electron chi connectivity index (χ0n) is 18.7. The van der Waals surface area contributed by atoms with E-state index in [1.165, 1.54) is 5.56 Å². The van der Waals surface area contributed by atoms with E-state index < -0.39 is 0 Å². The van der Waals surface area contributed by atoms with Gasteiger partial charge in [0.1, 0.15) is 5.82 Å². The number of nitrogens with zero attached hydrogens (tertiary/aromatic N) is 3. The maximum atomic E-state index is 6.53. The molecule has 0 spiro atoms. The van der Waals surface area contributed by atoms with Crippen LogP contribution >= 0.6 is 0 Å². The highest BCUT2D eigenvalue weighted by molar-refractivity contribution is 5.83. The summed E-state index contributed by atoms with van der Waals surface area (Å²) in [6.07, 6.45) is 0.705. The summed E-state index contributed by atoms with van der Waals surface area (Å²) in [5.74, 6) is 0.795. The summed E-state index contributed by atoms with van der Waals surface area (Å²) in [5, 5.41) is 14.7. The van der Waals surface area contributed by atoms with Crippen LogP contribution in [0.25, 0.3) is 33.3 Å². The van der Waals surface area contributed by atoms with Gasteiger partial charge in [0.15, 0.2) is 0 Å². The first-order valence-electron chi connectivity index (χ1n) is 10.8. The van der Waals surface area contributed by atoms with Crippen molar-refractivity contribution in [3.05, 3.63) is 76.6 Å². The molecule has 0 aliphatic heterocycles. The molecular formula is C25H27N7. The fourth-order valence-electron chi connectivity index (χ4n) is 4.47. The minimum Gasteiger partial charge on any atom is -0.341 e. The number of aromatic amines is 3. The first-order chi connectivity index (χ1) is 15.4.